The van der Waals surface area contributed by atoms with Crippen molar-refractivity contribution in [3.63, 3.8) is 0 Å². The quantitative estimate of drug-likeness (QED) is 0.787. The molecule has 1 saturated carbocycles. The highest BCUT2D eigenvalue weighted by atomic mass is 16.2. The molecule has 1 aliphatic carbocycles. The summed E-state index contributed by atoms with van der Waals surface area (Å²) >= 11 is 0. The van der Waals surface area contributed by atoms with E-state index in [2.05, 4.69) is 29.4 Å². The predicted molar refractivity (Wildman–Crippen MR) is 103 cm³/mol. The highest BCUT2D eigenvalue weighted by molar-refractivity contribution is 5.80. The average Bonchev–Trinajstić information content (AvgIpc) is 2.61. The number of amides is 2. The van der Waals surface area contributed by atoms with Gasteiger partial charge in [-0.25, -0.2) is 0 Å². The highest BCUT2D eigenvalue weighted by Gasteiger charge is 2.31. The van der Waals surface area contributed by atoms with Gasteiger partial charge < -0.3 is 15.5 Å². The number of piperazine rings is 1. The molecule has 6 nitrogen and oxygen atoms in total. The molecule has 2 amide bonds. The zero-order valence-corrected chi connectivity index (χ0v) is 16.5. The first-order valence-corrected chi connectivity index (χ1v) is 10.5. The lowest BCUT2D eigenvalue weighted by atomic mass is 9.87. The monoisotopic (exact) mass is 364 g/mol. The van der Waals surface area contributed by atoms with Crippen molar-refractivity contribution in [3.8, 4) is 0 Å². The molecule has 0 spiro atoms. The maximum Gasteiger partial charge on any atom is 0.234 e. The summed E-state index contributed by atoms with van der Waals surface area (Å²) in [4.78, 5) is 29.3. The fourth-order valence-corrected chi connectivity index (χ4v) is 4.78. The fourth-order valence-electron chi connectivity index (χ4n) is 4.78. The van der Waals surface area contributed by atoms with Crippen LogP contribution in [0.2, 0.25) is 0 Å². The molecule has 0 aromatic rings. The van der Waals surface area contributed by atoms with Crippen molar-refractivity contribution in [1.82, 2.24) is 20.4 Å². The van der Waals surface area contributed by atoms with E-state index >= 15 is 0 Å². The van der Waals surface area contributed by atoms with E-state index in [9.17, 15) is 9.59 Å². The smallest absolute Gasteiger partial charge is 0.234 e. The molecular weight excluding hydrogens is 328 g/mol. The number of rotatable bonds is 4. The van der Waals surface area contributed by atoms with Gasteiger partial charge in [-0.2, -0.15) is 0 Å². The molecule has 0 aromatic carbocycles. The maximum absolute atomic E-state index is 12.7. The van der Waals surface area contributed by atoms with Crippen LogP contribution in [-0.2, 0) is 9.59 Å². The minimum Gasteiger partial charge on any atom is -0.352 e. The van der Waals surface area contributed by atoms with E-state index in [4.69, 9.17) is 0 Å². The number of carbonyl (C=O) groups is 2. The molecule has 0 radical (unpaired) electrons. The van der Waals surface area contributed by atoms with E-state index in [1.54, 1.807) is 0 Å². The van der Waals surface area contributed by atoms with Crippen LogP contribution in [0.3, 0.4) is 0 Å². The first-order valence-electron chi connectivity index (χ1n) is 10.5. The summed E-state index contributed by atoms with van der Waals surface area (Å²) in [5.74, 6) is 1.37. The Morgan fingerprint density at radius 3 is 2.50 bits per heavy atom. The van der Waals surface area contributed by atoms with E-state index in [1.807, 2.05) is 4.90 Å². The zero-order chi connectivity index (χ0) is 18.5. The molecule has 4 atom stereocenters. The molecule has 2 N–H and O–H groups in total. The van der Waals surface area contributed by atoms with Crippen molar-refractivity contribution in [1.29, 1.82) is 0 Å². The lowest BCUT2D eigenvalue weighted by Gasteiger charge is -2.38. The fraction of sp³-hybridized carbons (Fsp3) is 0.900. The van der Waals surface area contributed by atoms with Crippen LogP contribution in [0.4, 0.5) is 0 Å². The minimum atomic E-state index is 0.149. The van der Waals surface area contributed by atoms with Crippen molar-refractivity contribution < 1.29 is 9.59 Å². The topological polar surface area (TPSA) is 64.7 Å². The van der Waals surface area contributed by atoms with Crippen LogP contribution in [-0.4, -0.2) is 73.0 Å². The average molecular weight is 365 g/mol. The number of nitrogens with zero attached hydrogens (tertiary/aromatic N) is 2. The van der Waals surface area contributed by atoms with Crippen LogP contribution >= 0.6 is 0 Å². The largest absolute Gasteiger partial charge is 0.352 e. The summed E-state index contributed by atoms with van der Waals surface area (Å²) in [5, 5.41) is 6.63. The molecule has 3 rings (SSSR count). The molecule has 2 aliphatic heterocycles. The molecule has 2 heterocycles. The van der Waals surface area contributed by atoms with Crippen LogP contribution in [0.5, 0.6) is 0 Å². The zero-order valence-electron chi connectivity index (χ0n) is 16.5. The molecule has 3 fully saturated rings. The van der Waals surface area contributed by atoms with Crippen molar-refractivity contribution in [2.45, 2.75) is 64.5 Å². The number of nitrogens with one attached hydrogen (secondary N) is 2. The molecule has 3 aliphatic rings. The Morgan fingerprint density at radius 2 is 1.81 bits per heavy atom. The van der Waals surface area contributed by atoms with Crippen molar-refractivity contribution >= 4 is 11.8 Å². The Kier molecular flexibility index (Phi) is 6.92. The summed E-state index contributed by atoms with van der Waals surface area (Å²) in [5.41, 5.74) is 0. The van der Waals surface area contributed by atoms with E-state index in [1.165, 1.54) is 12.8 Å². The van der Waals surface area contributed by atoms with E-state index in [0.717, 1.165) is 64.3 Å². The first-order chi connectivity index (χ1) is 12.5. The lowest BCUT2D eigenvalue weighted by molar-refractivity contribution is -0.138. The van der Waals surface area contributed by atoms with Gasteiger partial charge in [0.15, 0.2) is 0 Å². The number of piperidine rings is 1. The molecule has 26 heavy (non-hydrogen) atoms. The second-order valence-electron chi connectivity index (χ2n) is 8.71. The Morgan fingerprint density at radius 1 is 1.04 bits per heavy atom. The lowest BCUT2D eigenvalue weighted by Crippen LogP contribution is -2.54. The van der Waals surface area contributed by atoms with Crippen molar-refractivity contribution in [2.75, 3.05) is 39.3 Å². The molecule has 0 aromatic heterocycles. The number of hydrogen-bond donors (Lipinski definition) is 2. The Hall–Kier alpha value is -1.14. The van der Waals surface area contributed by atoms with E-state index in [-0.39, 0.29) is 11.8 Å². The van der Waals surface area contributed by atoms with Crippen LogP contribution < -0.4 is 10.6 Å². The molecule has 0 bridgehead atoms. The third kappa shape index (κ3) is 5.43. The normalized spacial score (nSPS) is 33.7. The molecule has 2 saturated heterocycles. The van der Waals surface area contributed by atoms with Gasteiger partial charge in [-0.05, 0) is 45.1 Å². The van der Waals surface area contributed by atoms with Gasteiger partial charge in [0.2, 0.25) is 11.8 Å². The van der Waals surface area contributed by atoms with E-state index in [0.29, 0.717) is 24.5 Å². The number of carbonyl (C=O) groups excluding carboxylic acids is 2. The van der Waals surface area contributed by atoms with Gasteiger partial charge in [0.1, 0.15) is 0 Å². The summed E-state index contributed by atoms with van der Waals surface area (Å²) in [6.07, 6.45) is 6.64. The third-order valence-corrected chi connectivity index (χ3v) is 6.33. The first kappa shape index (κ1) is 19.6. The summed E-state index contributed by atoms with van der Waals surface area (Å²) in [6.45, 7) is 8.97. The maximum atomic E-state index is 12.7. The van der Waals surface area contributed by atoms with Gasteiger partial charge in [0, 0.05) is 44.2 Å². The molecule has 6 heteroatoms. The van der Waals surface area contributed by atoms with Crippen LogP contribution in [0.25, 0.3) is 0 Å². The number of hydrogen-bond acceptors (Lipinski definition) is 4. The summed E-state index contributed by atoms with van der Waals surface area (Å²) in [6, 6.07) is 0.793. The van der Waals surface area contributed by atoms with Crippen LogP contribution in [0.15, 0.2) is 0 Å². The molecule has 148 valence electrons. The van der Waals surface area contributed by atoms with Crippen LogP contribution in [0.1, 0.15) is 52.4 Å². The van der Waals surface area contributed by atoms with Crippen molar-refractivity contribution in [3.05, 3.63) is 0 Å². The van der Waals surface area contributed by atoms with Gasteiger partial charge in [-0.1, -0.05) is 19.8 Å². The van der Waals surface area contributed by atoms with E-state index < -0.39 is 0 Å². The Bertz CT molecular complexity index is 490. The molecular formula is C20H36N4O2. The van der Waals surface area contributed by atoms with Gasteiger partial charge in [0.25, 0.3) is 0 Å². The third-order valence-electron chi connectivity index (χ3n) is 6.33. The molecule has 2 unspecified atom stereocenters. The van der Waals surface area contributed by atoms with Crippen molar-refractivity contribution in [2.24, 2.45) is 11.8 Å². The summed E-state index contributed by atoms with van der Waals surface area (Å²) in [7, 11) is 0. The minimum absolute atomic E-state index is 0.149. The highest BCUT2D eigenvalue weighted by Crippen LogP contribution is 2.23. The van der Waals surface area contributed by atoms with Gasteiger partial charge in [-0.15, -0.1) is 0 Å². The standard InChI is InChI=1S/C20H36N4O2/c1-15-4-3-5-18(12-15)22-19(25)14-23-8-10-24(11-9-23)20(26)17-6-7-21-16(2)13-17/h15-18,21H,3-14H2,1-2H3,(H,22,25)/t15?,16-,17-,18?/m0/s1. The SMILES string of the molecule is CC1CCCC(NC(=O)CN2CCN(C(=O)[C@H]3CCN[C@@H](C)C3)CC2)C1. The van der Waals surface area contributed by atoms with Gasteiger partial charge >= 0.3 is 0 Å². The second kappa shape index (κ2) is 9.18. The second-order valence-corrected chi connectivity index (χ2v) is 8.71. The Balaban J connectivity index is 1.38. The predicted octanol–water partition coefficient (Wildman–Crippen LogP) is 1.21. The van der Waals surface area contributed by atoms with Gasteiger partial charge in [-0.3, -0.25) is 14.5 Å². The Labute approximate surface area is 158 Å². The summed E-state index contributed by atoms with van der Waals surface area (Å²) < 4.78 is 0. The van der Waals surface area contributed by atoms with Crippen LogP contribution in [0, 0.1) is 11.8 Å². The van der Waals surface area contributed by atoms with Gasteiger partial charge in [0.05, 0.1) is 6.54 Å².